The second kappa shape index (κ2) is 7.77. The second-order valence-corrected chi connectivity index (χ2v) is 8.23. The number of benzene rings is 2. The highest BCUT2D eigenvalue weighted by atomic mass is 79.9. The van der Waals surface area contributed by atoms with Crippen molar-refractivity contribution in [3.63, 3.8) is 0 Å². The van der Waals surface area contributed by atoms with Crippen LogP contribution < -0.4 is 4.84 Å². The smallest absolute Gasteiger partial charge is 0.276 e. The minimum atomic E-state index is -0.705. The number of nitro benzene ring substituents is 2. The topological polar surface area (TPSA) is 126 Å². The van der Waals surface area contributed by atoms with Gasteiger partial charge in [-0.2, -0.15) is 0 Å². The Morgan fingerprint density at radius 3 is 2.04 bits per heavy atom. The molecule has 27 heavy (non-hydrogen) atoms. The monoisotopic (exact) mass is 627 g/mol. The predicted octanol–water partition coefficient (Wildman–Crippen LogP) is 4.93. The van der Waals surface area contributed by atoms with Gasteiger partial charge in [0.1, 0.15) is 17.6 Å². The van der Waals surface area contributed by atoms with Gasteiger partial charge >= 0.3 is 0 Å². The number of hydrogen-bond donors (Lipinski definition) is 0. The van der Waals surface area contributed by atoms with Crippen molar-refractivity contribution >= 4 is 86.1 Å². The normalized spacial score (nSPS) is 11.0. The van der Waals surface area contributed by atoms with Crippen molar-refractivity contribution in [1.82, 2.24) is 15.2 Å². The molecule has 2 aromatic carbocycles. The third-order valence-electron chi connectivity index (χ3n) is 3.37. The number of rotatable bonds is 5. The Labute approximate surface area is 183 Å². The van der Waals surface area contributed by atoms with Gasteiger partial charge in [0.05, 0.1) is 24.9 Å². The number of fused-ring (bicyclic) bond motifs is 1. The minimum absolute atomic E-state index is 0.196. The first kappa shape index (κ1) is 20.1. The largest absolute Gasteiger partial charge is 0.390 e. The van der Waals surface area contributed by atoms with Crippen molar-refractivity contribution in [1.29, 1.82) is 0 Å². The van der Waals surface area contributed by atoms with Crippen LogP contribution in [0.15, 0.2) is 36.1 Å². The van der Waals surface area contributed by atoms with Crippen LogP contribution in [-0.2, 0) is 6.61 Å². The molecule has 0 unspecified atom stereocenters. The zero-order chi connectivity index (χ0) is 19.9. The molecule has 3 aromatic rings. The number of hydrogen-bond acceptors (Lipinski definition) is 7. The van der Waals surface area contributed by atoms with Crippen molar-refractivity contribution in [2.75, 3.05) is 0 Å². The van der Waals surface area contributed by atoms with Gasteiger partial charge in [0.2, 0.25) is 0 Å². The van der Waals surface area contributed by atoms with Crippen molar-refractivity contribution < 1.29 is 14.7 Å². The fourth-order valence-corrected chi connectivity index (χ4v) is 4.49. The first-order chi connectivity index (χ1) is 12.7. The van der Waals surface area contributed by atoms with E-state index in [1.54, 1.807) is 0 Å². The van der Waals surface area contributed by atoms with E-state index in [-0.39, 0.29) is 12.2 Å². The SMILES string of the molecule is O=[N+]([O-])c1cc(COn2nnc3c(Br)c(Br)c(Br)c(Br)c32)cc([N+](=O)[O-])c1. The molecular formula is C13H5Br4N5O5. The van der Waals surface area contributed by atoms with Crippen molar-refractivity contribution in [2.45, 2.75) is 6.61 Å². The molecule has 0 bridgehead atoms. The Balaban J connectivity index is 1.98. The molecule has 0 saturated heterocycles. The van der Waals surface area contributed by atoms with Crippen LogP contribution in [0.5, 0.6) is 0 Å². The van der Waals surface area contributed by atoms with Crippen molar-refractivity contribution in [3.8, 4) is 0 Å². The van der Waals surface area contributed by atoms with Crippen molar-refractivity contribution in [3.05, 3.63) is 61.9 Å². The maximum Gasteiger partial charge on any atom is 0.276 e. The van der Waals surface area contributed by atoms with E-state index in [9.17, 15) is 20.2 Å². The van der Waals surface area contributed by atoms with Crippen LogP contribution in [0.4, 0.5) is 11.4 Å². The molecule has 0 saturated carbocycles. The van der Waals surface area contributed by atoms with Crippen LogP contribution in [0.2, 0.25) is 0 Å². The number of nitro groups is 2. The molecular weight excluding hydrogens is 626 g/mol. The fraction of sp³-hybridized carbons (Fsp3) is 0.0769. The van der Waals surface area contributed by atoms with Gasteiger partial charge in [-0.15, -0.1) is 5.10 Å². The van der Waals surface area contributed by atoms with Gasteiger partial charge in [-0.1, -0.05) is 4.85 Å². The van der Waals surface area contributed by atoms with Crippen molar-refractivity contribution in [2.24, 2.45) is 0 Å². The summed E-state index contributed by atoms with van der Waals surface area (Å²) < 4.78 is 2.68. The number of aromatic nitrogens is 3. The number of nitrogens with zero attached hydrogens (tertiary/aromatic N) is 5. The molecule has 0 radical (unpaired) electrons. The van der Waals surface area contributed by atoms with Gasteiger partial charge in [-0.3, -0.25) is 20.2 Å². The lowest BCUT2D eigenvalue weighted by Crippen LogP contribution is -2.13. The highest BCUT2D eigenvalue weighted by Crippen LogP contribution is 2.42. The minimum Gasteiger partial charge on any atom is -0.390 e. The molecule has 140 valence electrons. The Hall–Kier alpha value is -1.64. The lowest BCUT2D eigenvalue weighted by atomic mass is 10.2. The van der Waals surface area contributed by atoms with E-state index in [2.05, 4.69) is 74.0 Å². The number of non-ortho nitro benzene ring substituents is 2. The third kappa shape index (κ3) is 3.83. The van der Waals surface area contributed by atoms with Gasteiger partial charge in [0.25, 0.3) is 11.4 Å². The van der Waals surface area contributed by atoms with E-state index in [0.717, 1.165) is 15.4 Å². The molecule has 14 heteroatoms. The second-order valence-electron chi connectivity index (χ2n) is 5.06. The summed E-state index contributed by atoms with van der Waals surface area (Å²) in [5.41, 5.74) is 0.438. The van der Waals surface area contributed by atoms with E-state index in [0.29, 0.717) is 24.5 Å². The highest BCUT2D eigenvalue weighted by molar-refractivity contribution is 9.15. The molecule has 0 amide bonds. The Morgan fingerprint density at radius 2 is 1.48 bits per heavy atom. The third-order valence-corrected chi connectivity index (χ3v) is 8.10. The maximum atomic E-state index is 11.0. The summed E-state index contributed by atoms with van der Waals surface area (Å²) in [5.74, 6) is 0. The standard InChI is InChI=1S/C13H5Br4N5O5/c14-8-9(15)11(17)13-12(10(8)16)18-19-20(13)27-4-5-1-6(21(23)24)3-7(2-5)22(25)26/h1-3H,4H2. The summed E-state index contributed by atoms with van der Waals surface area (Å²) in [6.07, 6.45) is 0. The molecule has 0 spiro atoms. The fourth-order valence-electron chi connectivity index (χ4n) is 2.18. The molecule has 1 heterocycles. The molecule has 0 aliphatic heterocycles. The van der Waals surface area contributed by atoms with Crippen LogP contribution >= 0.6 is 63.7 Å². The average Bonchev–Trinajstić information content (AvgIpc) is 3.06. The molecule has 0 fully saturated rings. The summed E-state index contributed by atoms with van der Waals surface area (Å²) in [4.78, 5) is 27.2. The lowest BCUT2D eigenvalue weighted by molar-refractivity contribution is -0.394. The van der Waals surface area contributed by atoms with E-state index in [1.165, 1.54) is 12.1 Å². The van der Waals surface area contributed by atoms with E-state index in [4.69, 9.17) is 4.84 Å². The summed E-state index contributed by atoms with van der Waals surface area (Å²) in [7, 11) is 0. The molecule has 3 rings (SSSR count). The molecule has 10 nitrogen and oxygen atoms in total. The molecule has 0 atom stereocenters. The van der Waals surface area contributed by atoms with Gasteiger partial charge in [0.15, 0.2) is 0 Å². The molecule has 0 N–H and O–H groups in total. The zero-order valence-electron chi connectivity index (χ0n) is 12.7. The Kier molecular flexibility index (Phi) is 5.79. The predicted molar refractivity (Wildman–Crippen MR) is 108 cm³/mol. The molecule has 1 aromatic heterocycles. The first-order valence-corrected chi connectivity index (χ1v) is 10.0. The summed E-state index contributed by atoms with van der Waals surface area (Å²) >= 11 is 13.7. The first-order valence-electron chi connectivity index (χ1n) is 6.84. The lowest BCUT2D eigenvalue weighted by Gasteiger charge is -2.09. The summed E-state index contributed by atoms with van der Waals surface area (Å²) in [6.45, 7) is -0.196. The van der Waals surface area contributed by atoms with Gasteiger partial charge in [-0.05, 0) is 68.9 Å². The highest BCUT2D eigenvalue weighted by Gasteiger charge is 2.21. The Morgan fingerprint density at radius 1 is 0.926 bits per heavy atom. The van der Waals surface area contributed by atoms with Gasteiger partial charge < -0.3 is 4.84 Å². The average molecular weight is 631 g/mol. The molecule has 0 aliphatic rings. The molecule has 0 aliphatic carbocycles. The van der Waals surface area contributed by atoms with E-state index < -0.39 is 21.2 Å². The zero-order valence-corrected chi connectivity index (χ0v) is 19.1. The van der Waals surface area contributed by atoms with E-state index >= 15 is 0 Å². The van der Waals surface area contributed by atoms with Crippen LogP contribution in [0.1, 0.15) is 5.56 Å². The van der Waals surface area contributed by atoms with Crippen LogP contribution in [0.3, 0.4) is 0 Å². The Bertz CT molecular complexity index is 1070. The number of halogens is 4. The maximum absolute atomic E-state index is 11.0. The quantitative estimate of drug-likeness (QED) is 0.169. The van der Waals surface area contributed by atoms with Crippen LogP contribution in [-0.4, -0.2) is 25.0 Å². The van der Waals surface area contributed by atoms with Gasteiger partial charge in [0, 0.05) is 26.6 Å². The summed E-state index contributed by atoms with van der Waals surface area (Å²) in [5, 5.41) is 29.9. The van der Waals surface area contributed by atoms with Crippen LogP contribution in [0.25, 0.3) is 11.0 Å². The van der Waals surface area contributed by atoms with Crippen LogP contribution in [0, 0.1) is 20.2 Å². The van der Waals surface area contributed by atoms with Gasteiger partial charge in [-0.25, -0.2) is 0 Å². The van der Waals surface area contributed by atoms with E-state index in [1.807, 2.05) is 0 Å². The summed E-state index contributed by atoms with van der Waals surface area (Å²) in [6, 6.07) is 3.28.